The van der Waals surface area contributed by atoms with Crippen LogP contribution in [0.5, 0.6) is 0 Å². The molecule has 0 saturated heterocycles. The van der Waals surface area contributed by atoms with E-state index in [0.717, 1.165) is 6.42 Å². The van der Waals surface area contributed by atoms with Gasteiger partial charge in [-0.25, -0.2) is 0 Å². The first-order valence-electron chi connectivity index (χ1n) is 4.58. The molecule has 0 unspecified atom stereocenters. The molecule has 0 atom stereocenters. The molecule has 3 rings (SSSR count). The molecule has 2 heterocycles. The van der Waals surface area contributed by atoms with E-state index in [-0.39, 0.29) is 0 Å². The van der Waals surface area contributed by atoms with E-state index in [1.807, 2.05) is 11.3 Å². The van der Waals surface area contributed by atoms with Crippen LogP contribution in [0.4, 0.5) is 0 Å². The van der Waals surface area contributed by atoms with Gasteiger partial charge in [0, 0.05) is 5.56 Å². The van der Waals surface area contributed by atoms with Crippen molar-refractivity contribution in [2.24, 2.45) is 0 Å². The Morgan fingerprint density at radius 2 is 2.43 bits per heavy atom. The fourth-order valence-corrected chi connectivity index (χ4v) is 3.51. The lowest BCUT2D eigenvalue weighted by Crippen LogP contribution is -1.99. The van der Waals surface area contributed by atoms with Crippen LogP contribution in [0.15, 0.2) is 16.5 Å². The topological polar surface area (TPSA) is 28.7 Å². The molecule has 0 saturated carbocycles. The lowest BCUT2D eigenvalue weighted by atomic mass is 9.97. The molecule has 72 valence electrons. The van der Waals surface area contributed by atoms with Crippen molar-refractivity contribution >= 4 is 23.1 Å². The third-order valence-corrected chi connectivity index (χ3v) is 4.34. The smallest absolute Gasteiger partial charge is 0.121 e. The molecule has 0 spiro atoms. The standard InChI is InChI=1S/C10H10N2S2/c1-13-10-7-3-2-6-4-5-14-9(6)8(7)11-12-10/h4-5H,2-3H2,1H3,(H,11,12). The Labute approximate surface area is 90.7 Å². The largest absolute Gasteiger partial charge is 0.276 e. The van der Waals surface area contributed by atoms with Gasteiger partial charge in [0.15, 0.2) is 0 Å². The summed E-state index contributed by atoms with van der Waals surface area (Å²) in [6.45, 7) is 0. The van der Waals surface area contributed by atoms with Gasteiger partial charge in [-0.3, -0.25) is 5.10 Å². The third kappa shape index (κ3) is 1.07. The quantitative estimate of drug-likeness (QED) is 0.751. The van der Waals surface area contributed by atoms with Crippen LogP contribution in [0.25, 0.3) is 10.6 Å². The summed E-state index contributed by atoms with van der Waals surface area (Å²) in [5.74, 6) is 0. The van der Waals surface area contributed by atoms with Crippen LogP contribution in [-0.4, -0.2) is 16.5 Å². The highest BCUT2D eigenvalue weighted by Crippen LogP contribution is 2.39. The Balaban J connectivity index is 2.22. The highest BCUT2D eigenvalue weighted by Gasteiger charge is 2.22. The van der Waals surface area contributed by atoms with Crippen LogP contribution in [0, 0.1) is 0 Å². The van der Waals surface area contributed by atoms with Crippen LogP contribution in [0.1, 0.15) is 11.1 Å². The van der Waals surface area contributed by atoms with Gasteiger partial charge in [0.25, 0.3) is 0 Å². The predicted molar refractivity (Wildman–Crippen MR) is 61.1 cm³/mol. The first-order chi connectivity index (χ1) is 6.90. The van der Waals surface area contributed by atoms with E-state index in [1.54, 1.807) is 11.8 Å². The minimum atomic E-state index is 1.13. The summed E-state index contributed by atoms with van der Waals surface area (Å²) in [6, 6.07) is 2.22. The predicted octanol–water partition coefficient (Wildman–Crippen LogP) is 2.96. The van der Waals surface area contributed by atoms with E-state index in [2.05, 4.69) is 27.9 Å². The maximum Gasteiger partial charge on any atom is 0.121 e. The van der Waals surface area contributed by atoms with Gasteiger partial charge in [0.05, 0.1) is 10.6 Å². The number of rotatable bonds is 1. The minimum Gasteiger partial charge on any atom is -0.276 e. The summed E-state index contributed by atoms with van der Waals surface area (Å²) >= 11 is 3.54. The molecule has 4 heteroatoms. The van der Waals surface area contributed by atoms with Crippen molar-refractivity contribution in [1.29, 1.82) is 0 Å². The van der Waals surface area contributed by atoms with Crippen molar-refractivity contribution in [3.05, 3.63) is 22.6 Å². The van der Waals surface area contributed by atoms with Gasteiger partial charge in [0.1, 0.15) is 5.03 Å². The van der Waals surface area contributed by atoms with Crippen molar-refractivity contribution in [3.63, 3.8) is 0 Å². The molecule has 1 N–H and O–H groups in total. The van der Waals surface area contributed by atoms with Crippen LogP contribution < -0.4 is 0 Å². The molecule has 2 aromatic rings. The van der Waals surface area contributed by atoms with Gasteiger partial charge < -0.3 is 0 Å². The summed E-state index contributed by atoms with van der Waals surface area (Å²) in [5, 5.41) is 10.8. The van der Waals surface area contributed by atoms with E-state index in [0.29, 0.717) is 0 Å². The molecule has 14 heavy (non-hydrogen) atoms. The Bertz CT molecular complexity index is 470. The molecule has 0 fully saturated rings. The number of hydrogen-bond donors (Lipinski definition) is 1. The number of nitrogens with zero attached hydrogens (tertiary/aromatic N) is 1. The summed E-state index contributed by atoms with van der Waals surface area (Å²) in [6.07, 6.45) is 4.38. The minimum absolute atomic E-state index is 1.13. The summed E-state index contributed by atoms with van der Waals surface area (Å²) in [4.78, 5) is 1.39. The van der Waals surface area contributed by atoms with Crippen LogP contribution in [0.2, 0.25) is 0 Å². The van der Waals surface area contributed by atoms with Gasteiger partial charge >= 0.3 is 0 Å². The van der Waals surface area contributed by atoms with Gasteiger partial charge in [-0.05, 0) is 36.1 Å². The van der Waals surface area contributed by atoms with Crippen LogP contribution in [0.3, 0.4) is 0 Å². The number of thioether (sulfide) groups is 1. The lowest BCUT2D eigenvalue weighted by molar-refractivity contribution is 0.919. The number of hydrogen-bond acceptors (Lipinski definition) is 3. The Morgan fingerprint density at radius 3 is 3.29 bits per heavy atom. The number of nitrogens with one attached hydrogen (secondary N) is 1. The Kier molecular flexibility index (Phi) is 1.92. The third-order valence-electron chi connectivity index (χ3n) is 2.64. The van der Waals surface area contributed by atoms with E-state index in [4.69, 9.17) is 0 Å². The highest BCUT2D eigenvalue weighted by atomic mass is 32.2. The Hall–Kier alpha value is -0.740. The second-order valence-electron chi connectivity index (χ2n) is 3.36. The highest BCUT2D eigenvalue weighted by molar-refractivity contribution is 7.98. The number of thiophene rings is 1. The molecule has 0 aromatic carbocycles. The monoisotopic (exact) mass is 222 g/mol. The second-order valence-corrected chi connectivity index (χ2v) is 5.07. The maximum absolute atomic E-state index is 4.34. The number of aromatic nitrogens is 2. The summed E-state index contributed by atoms with van der Waals surface area (Å²) in [5.41, 5.74) is 4.14. The van der Waals surface area contributed by atoms with Crippen molar-refractivity contribution in [2.75, 3.05) is 6.26 Å². The van der Waals surface area contributed by atoms with Gasteiger partial charge in [0.2, 0.25) is 0 Å². The van der Waals surface area contributed by atoms with Crippen molar-refractivity contribution in [1.82, 2.24) is 10.2 Å². The second kappa shape index (κ2) is 3.14. The van der Waals surface area contributed by atoms with Gasteiger partial charge in [-0.1, -0.05) is 0 Å². The molecular formula is C10H10N2S2. The molecule has 2 aromatic heterocycles. The molecule has 0 amide bonds. The van der Waals surface area contributed by atoms with E-state index in [9.17, 15) is 0 Å². The fraction of sp³-hybridized carbons (Fsp3) is 0.300. The van der Waals surface area contributed by atoms with Crippen molar-refractivity contribution in [2.45, 2.75) is 17.9 Å². The molecule has 1 aliphatic carbocycles. The van der Waals surface area contributed by atoms with E-state index in [1.165, 1.54) is 33.1 Å². The number of aryl methyl sites for hydroxylation is 1. The zero-order valence-corrected chi connectivity index (χ0v) is 9.47. The average molecular weight is 222 g/mol. The van der Waals surface area contributed by atoms with Gasteiger partial charge in [-0.15, -0.1) is 23.1 Å². The number of fused-ring (bicyclic) bond motifs is 3. The maximum atomic E-state index is 4.34. The molecular weight excluding hydrogens is 212 g/mol. The molecule has 0 radical (unpaired) electrons. The zero-order chi connectivity index (χ0) is 9.54. The average Bonchev–Trinajstić information content (AvgIpc) is 2.82. The number of H-pyrrole nitrogens is 1. The molecule has 1 aliphatic rings. The fourth-order valence-electron chi connectivity index (χ4n) is 1.95. The number of aromatic amines is 1. The van der Waals surface area contributed by atoms with Crippen LogP contribution in [-0.2, 0) is 12.8 Å². The van der Waals surface area contributed by atoms with Crippen molar-refractivity contribution < 1.29 is 0 Å². The van der Waals surface area contributed by atoms with Crippen molar-refractivity contribution in [3.8, 4) is 10.6 Å². The first kappa shape index (κ1) is 8.56. The normalized spacial score (nSPS) is 13.8. The van der Waals surface area contributed by atoms with Gasteiger partial charge in [-0.2, -0.15) is 5.10 Å². The van der Waals surface area contributed by atoms with E-state index >= 15 is 0 Å². The molecule has 0 aliphatic heterocycles. The molecule has 2 nitrogen and oxygen atoms in total. The first-order valence-corrected chi connectivity index (χ1v) is 6.68. The SMILES string of the molecule is CSc1n[nH]c2c1CCc1ccsc1-2. The molecule has 0 bridgehead atoms. The zero-order valence-electron chi connectivity index (χ0n) is 7.83. The van der Waals surface area contributed by atoms with Crippen LogP contribution >= 0.6 is 23.1 Å². The summed E-state index contributed by atoms with van der Waals surface area (Å²) < 4.78 is 0. The Morgan fingerprint density at radius 1 is 1.50 bits per heavy atom. The van der Waals surface area contributed by atoms with E-state index < -0.39 is 0 Å². The lowest BCUT2D eigenvalue weighted by Gasteiger charge is -2.11. The summed E-state index contributed by atoms with van der Waals surface area (Å²) in [7, 11) is 0.